The highest BCUT2D eigenvalue weighted by Gasteiger charge is 2.19. The maximum absolute atomic E-state index is 4.43. The molecule has 1 aliphatic rings. The molecule has 3 heteroatoms. The van der Waals surface area contributed by atoms with Crippen LogP contribution in [0.1, 0.15) is 57.0 Å². The second kappa shape index (κ2) is 6.28. The van der Waals surface area contributed by atoms with Crippen LogP contribution in [0.2, 0.25) is 0 Å². The van der Waals surface area contributed by atoms with Gasteiger partial charge in [0.25, 0.3) is 0 Å². The smallest absolute Gasteiger partial charge is 0.0782 e. The highest BCUT2D eigenvalue weighted by molar-refractivity contribution is 5.12. The van der Waals surface area contributed by atoms with E-state index in [-0.39, 0.29) is 0 Å². The lowest BCUT2D eigenvalue weighted by molar-refractivity contribution is 0.268. The van der Waals surface area contributed by atoms with Gasteiger partial charge in [0, 0.05) is 18.4 Å². The summed E-state index contributed by atoms with van der Waals surface area (Å²) in [5.74, 6) is 1.74. The van der Waals surface area contributed by atoms with E-state index in [9.17, 15) is 0 Å². The quantitative estimate of drug-likeness (QED) is 0.887. The van der Waals surface area contributed by atoms with Crippen molar-refractivity contribution in [2.75, 3.05) is 6.54 Å². The summed E-state index contributed by atoms with van der Waals surface area (Å²) in [6.07, 6.45) is 9.10. The zero-order valence-electron chi connectivity index (χ0n) is 11.8. The van der Waals surface area contributed by atoms with E-state index in [2.05, 4.69) is 29.1 Å². The van der Waals surface area contributed by atoms with E-state index >= 15 is 0 Å². The van der Waals surface area contributed by atoms with Crippen LogP contribution in [0.15, 0.2) is 12.4 Å². The van der Waals surface area contributed by atoms with Gasteiger partial charge in [-0.05, 0) is 45.1 Å². The zero-order valence-corrected chi connectivity index (χ0v) is 11.8. The summed E-state index contributed by atoms with van der Waals surface area (Å²) >= 11 is 0. The molecule has 0 aromatic carbocycles. The Balaban J connectivity index is 1.84. The van der Waals surface area contributed by atoms with Crippen LogP contribution in [0.5, 0.6) is 0 Å². The molecule has 0 radical (unpaired) electrons. The highest BCUT2D eigenvalue weighted by Crippen LogP contribution is 2.28. The Bertz CT molecular complexity index is 378. The molecule has 1 aliphatic carbocycles. The minimum atomic E-state index is 0.302. The van der Waals surface area contributed by atoms with E-state index in [0.29, 0.717) is 6.04 Å². The van der Waals surface area contributed by atoms with E-state index in [0.717, 1.165) is 29.8 Å². The molecule has 1 N–H and O–H groups in total. The zero-order chi connectivity index (χ0) is 13.0. The lowest BCUT2D eigenvalue weighted by Gasteiger charge is -2.28. The van der Waals surface area contributed by atoms with Crippen molar-refractivity contribution in [2.45, 2.75) is 52.5 Å². The third-order valence-electron chi connectivity index (χ3n) is 4.09. The Morgan fingerprint density at radius 1 is 1.33 bits per heavy atom. The molecule has 0 amide bonds. The van der Waals surface area contributed by atoms with E-state index in [1.165, 1.54) is 25.7 Å². The molecular weight excluding hydrogens is 222 g/mol. The van der Waals surface area contributed by atoms with Crippen LogP contribution >= 0.6 is 0 Å². The van der Waals surface area contributed by atoms with Crippen LogP contribution in [0.4, 0.5) is 0 Å². The molecule has 0 aliphatic heterocycles. The van der Waals surface area contributed by atoms with Crippen molar-refractivity contribution in [2.24, 2.45) is 11.8 Å². The van der Waals surface area contributed by atoms with Crippen LogP contribution in [0, 0.1) is 18.8 Å². The SMILES string of the molecule is Cc1nccnc1C(C)NCC1CCCC(C)C1. The molecule has 100 valence electrons. The van der Waals surface area contributed by atoms with Crippen LogP contribution in [0.3, 0.4) is 0 Å². The molecule has 0 bridgehead atoms. The maximum atomic E-state index is 4.43. The van der Waals surface area contributed by atoms with Gasteiger partial charge in [0.15, 0.2) is 0 Å². The Kier molecular flexibility index (Phi) is 4.70. The van der Waals surface area contributed by atoms with E-state index in [1.807, 2.05) is 6.92 Å². The van der Waals surface area contributed by atoms with Gasteiger partial charge in [-0.1, -0.05) is 19.8 Å². The van der Waals surface area contributed by atoms with Crippen LogP contribution in [-0.4, -0.2) is 16.5 Å². The largest absolute Gasteiger partial charge is 0.309 e. The first kappa shape index (κ1) is 13.5. The molecule has 3 unspecified atom stereocenters. The van der Waals surface area contributed by atoms with Gasteiger partial charge in [0.1, 0.15) is 0 Å². The minimum absolute atomic E-state index is 0.302. The van der Waals surface area contributed by atoms with Gasteiger partial charge in [0.05, 0.1) is 11.4 Å². The summed E-state index contributed by atoms with van der Waals surface area (Å²) in [4.78, 5) is 8.74. The Morgan fingerprint density at radius 2 is 2.11 bits per heavy atom. The van der Waals surface area contributed by atoms with Gasteiger partial charge in [-0.25, -0.2) is 0 Å². The second-order valence-electron chi connectivity index (χ2n) is 5.79. The molecular formula is C15H25N3. The highest BCUT2D eigenvalue weighted by atomic mass is 14.9. The minimum Gasteiger partial charge on any atom is -0.309 e. The van der Waals surface area contributed by atoms with Gasteiger partial charge in [-0.3, -0.25) is 9.97 Å². The molecule has 1 aromatic heterocycles. The summed E-state index contributed by atoms with van der Waals surface area (Å²) in [5.41, 5.74) is 2.12. The number of hydrogen-bond donors (Lipinski definition) is 1. The predicted molar refractivity (Wildman–Crippen MR) is 74.3 cm³/mol. The average Bonchev–Trinajstić information content (AvgIpc) is 2.37. The molecule has 1 saturated carbocycles. The summed E-state index contributed by atoms with van der Waals surface area (Å²) < 4.78 is 0. The van der Waals surface area contributed by atoms with Crippen molar-refractivity contribution in [3.05, 3.63) is 23.8 Å². The van der Waals surface area contributed by atoms with Crippen LogP contribution in [-0.2, 0) is 0 Å². The summed E-state index contributed by atoms with van der Waals surface area (Å²) in [7, 11) is 0. The molecule has 3 atom stereocenters. The third-order valence-corrected chi connectivity index (χ3v) is 4.09. The summed E-state index contributed by atoms with van der Waals surface area (Å²) in [6.45, 7) is 7.70. The van der Waals surface area contributed by atoms with Crippen molar-refractivity contribution < 1.29 is 0 Å². The molecule has 0 spiro atoms. The standard InChI is InChI=1S/C15H25N3/c1-11-5-4-6-14(9-11)10-18-13(3)15-12(2)16-7-8-17-15/h7-8,11,13-14,18H,4-6,9-10H2,1-3H3. The van der Waals surface area contributed by atoms with E-state index in [1.54, 1.807) is 12.4 Å². The fourth-order valence-corrected chi connectivity index (χ4v) is 3.03. The predicted octanol–water partition coefficient (Wildman–Crippen LogP) is 3.26. The van der Waals surface area contributed by atoms with Crippen molar-refractivity contribution in [1.82, 2.24) is 15.3 Å². The van der Waals surface area contributed by atoms with Gasteiger partial charge in [-0.15, -0.1) is 0 Å². The third kappa shape index (κ3) is 3.52. The number of nitrogens with one attached hydrogen (secondary N) is 1. The number of hydrogen-bond acceptors (Lipinski definition) is 3. The number of rotatable bonds is 4. The fraction of sp³-hybridized carbons (Fsp3) is 0.733. The Hall–Kier alpha value is -0.960. The fourth-order valence-electron chi connectivity index (χ4n) is 3.03. The number of aromatic nitrogens is 2. The van der Waals surface area contributed by atoms with Crippen molar-refractivity contribution in [1.29, 1.82) is 0 Å². The molecule has 1 fully saturated rings. The number of aryl methyl sites for hydroxylation is 1. The van der Waals surface area contributed by atoms with Crippen molar-refractivity contribution in [3.8, 4) is 0 Å². The molecule has 0 saturated heterocycles. The number of nitrogens with zero attached hydrogens (tertiary/aromatic N) is 2. The molecule has 1 aromatic rings. The second-order valence-corrected chi connectivity index (χ2v) is 5.79. The first-order chi connectivity index (χ1) is 8.66. The lowest BCUT2D eigenvalue weighted by Crippen LogP contribution is -2.29. The average molecular weight is 247 g/mol. The first-order valence-corrected chi connectivity index (χ1v) is 7.17. The lowest BCUT2D eigenvalue weighted by atomic mass is 9.82. The van der Waals surface area contributed by atoms with Gasteiger partial charge in [-0.2, -0.15) is 0 Å². The molecule has 1 heterocycles. The maximum Gasteiger partial charge on any atom is 0.0782 e. The topological polar surface area (TPSA) is 37.8 Å². The van der Waals surface area contributed by atoms with E-state index in [4.69, 9.17) is 0 Å². The van der Waals surface area contributed by atoms with Crippen molar-refractivity contribution in [3.63, 3.8) is 0 Å². The Morgan fingerprint density at radius 3 is 2.83 bits per heavy atom. The molecule has 2 rings (SSSR count). The monoisotopic (exact) mass is 247 g/mol. The van der Waals surface area contributed by atoms with E-state index < -0.39 is 0 Å². The van der Waals surface area contributed by atoms with Crippen molar-refractivity contribution >= 4 is 0 Å². The molecule has 18 heavy (non-hydrogen) atoms. The van der Waals surface area contributed by atoms with Gasteiger partial charge < -0.3 is 5.32 Å². The van der Waals surface area contributed by atoms with Gasteiger partial charge in [0.2, 0.25) is 0 Å². The summed E-state index contributed by atoms with van der Waals surface area (Å²) in [6, 6.07) is 0.302. The Labute approximate surface area is 110 Å². The van der Waals surface area contributed by atoms with Crippen LogP contribution in [0.25, 0.3) is 0 Å². The van der Waals surface area contributed by atoms with Crippen LogP contribution < -0.4 is 5.32 Å². The summed E-state index contributed by atoms with van der Waals surface area (Å²) in [5, 5.41) is 3.63. The first-order valence-electron chi connectivity index (χ1n) is 7.17. The van der Waals surface area contributed by atoms with Gasteiger partial charge >= 0.3 is 0 Å². The normalized spacial score (nSPS) is 25.9. The molecule has 3 nitrogen and oxygen atoms in total.